The van der Waals surface area contributed by atoms with Crippen molar-refractivity contribution in [3.8, 4) is 22.3 Å². The molecule has 51 heavy (non-hydrogen) atoms. The van der Waals surface area contributed by atoms with E-state index in [1.165, 1.54) is 79.6 Å². The molecule has 0 fully saturated rings. The van der Waals surface area contributed by atoms with Crippen LogP contribution in [0.3, 0.4) is 0 Å². The Hall–Kier alpha value is -5.66. The Morgan fingerprint density at radius 1 is 0.549 bits per heavy atom. The molecule has 0 heterocycles. The van der Waals surface area contributed by atoms with E-state index in [1.54, 1.807) is 5.56 Å². The molecule has 0 saturated carbocycles. The maximum atomic E-state index is 2.52. The van der Waals surface area contributed by atoms with Crippen LogP contribution in [0.1, 0.15) is 59.8 Å². The number of para-hydroxylation sites is 1. The van der Waals surface area contributed by atoms with E-state index in [2.05, 4.69) is 181 Å². The molecule has 0 N–H and O–H groups in total. The van der Waals surface area contributed by atoms with Gasteiger partial charge in [0, 0.05) is 23.2 Å². The third kappa shape index (κ3) is 6.19. The van der Waals surface area contributed by atoms with Crippen molar-refractivity contribution in [2.24, 2.45) is 0 Å². The van der Waals surface area contributed by atoms with Gasteiger partial charge in [0.05, 0.1) is 5.69 Å². The SMILES string of the molecule is C1=CCC(c2ccc(-c3ccccc3)cc2-c2ccc(C3C=CC(N(c4ccccc4)c4cc5ccccc5c5c4CCCC5)=CC3)cc2)C=C1. The fourth-order valence-electron chi connectivity index (χ4n) is 8.50. The number of allylic oxidation sites excluding steroid dienone is 7. The van der Waals surface area contributed by atoms with Gasteiger partial charge >= 0.3 is 0 Å². The first-order chi connectivity index (χ1) is 25.3. The summed E-state index contributed by atoms with van der Waals surface area (Å²) in [5, 5.41) is 2.76. The van der Waals surface area contributed by atoms with Crippen molar-refractivity contribution < 1.29 is 0 Å². The summed E-state index contributed by atoms with van der Waals surface area (Å²) in [6.07, 6.45) is 23.1. The molecule has 248 valence electrons. The van der Waals surface area contributed by atoms with Crippen LogP contribution in [0.25, 0.3) is 33.0 Å². The van der Waals surface area contributed by atoms with E-state index >= 15 is 0 Å². The van der Waals surface area contributed by atoms with Gasteiger partial charge in [-0.05, 0) is 124 Å². The zero-order chi connectivity index (χ0) is 34.0. The van der Waals surface area contributed by atoms with Gasteiger partial charge in [-0.2, -0.15) is 0 Å². The first-order valence-electron chi connectivity index (χ1n) is 18.7. The average molecular weight is 658 g/mol. The topological polar surface area (TPSA) is 3.24 Å². The summed E-state index contributed by atoms with van der Waals surface area (Å²) in [7, 11) is 0. The number of fused-ring (bicyclic) bond motifs is 3. The first kappa shape index (κ1) is 31.3. The summed E-state index contributed by atoms with van der Waals surface area (Å²) >= 11 is 0. The Kier molecular flexibility index (Phi) is 8.55. The van der Waals surface area contributed by atoms with Crippen molar-refractivity contribution in [2.75, 3.05) is 4.90 Å². The molecule has 3 aliphatic rings. The average Bonchev–Trinajstić information content (AvgIpc) is 3.22. The second-order valence-corrected chi connectivity index (χ2v) is 14.2. The molecule has 0 amide bonds. The highest BCUT2D eigenvalue weighted by molar-refractivity contribution is 5.93. The van der Waals surface area contributed by atoms with Gasteiger partial charge in [0.15, 0.2) is 0 Å². The zero-order valence-electron chi connectivity index (χ0n) is 29.1. The van der Waals surface area contributed by atoms with Crippen molar-refractivity contribution in [1.29, 1.82) is 0 Å². The van der Waals surface area contributed by atoms with Crippen LogP contribution in [0.5, 0.6) is 0 Å². The van der Waals surface area contributed by atoms with E-state index < -0.39 is 0 Å². The van der Waals surface area contributed by atoms with Crippen molar-refractivity contribution in [1.82, 2.24) is 0 Å². The van der Waals surface area contributed by atoms with E-state index in [-0.39, 0.29) is 0 Å². The predicted molar refractivity (Wildman–Crippen MR) is 217 cm³/mol. The maximum Gasteiger partial charge on any atom is 0.0502 e. The summed E-state index contributed by atoms with van der Waals surface area (Å²) in [6.45, 7) is 0. The van der Waals surface area contributed by atoms with Gasteiger partial charge in [0.25, 0.3) is 0 Å². The third-order valence-electron chi connectivity index (χ3n) is 11.1. The standard InChI is InChI=1S/C50H43N/c1-4-14-36(15-5-1)41-30-33-46(39-16-6-2-7-17-39)49(34-41)40-26-24-37(25-27-40)38-28-31-44(32-29-38)51(43-19-8-3-9-20-43)50-35-42-18-10-11-21-45(42)47-22-12-13-23-48(47)50/h1-11,14-16,18-21,24-28,30-35,38-39H,12-13,17,22-23,29H2. The minimum atomic E-state index is 0.340. The fourth-order valence-corrected chi connectivity index (χ4v) is 8.50. The Labute approximate surface area is 302 Å². The minimum absolute atomic E-state index is 0.340. The number of hydrogen-bond acceptors (Lipinski definition) is 1. The van der Waals surface area contributed by atoms with Gasteiger partial charge in [0.1, 0.15) is 0 Å². The van der Waals surface area contributed by atoms with Crippen LogP contribution in [0.15, 0.2) is 182 Å². The molecule has 0 aromatic heterocycles. The van der Waals surface area contributed by atoms with Crippen molar-refractivity contribution in [2.45, 2.75) is 50.4 Å². The molecule has 1 heteroatoms. The Bertz CT molecular complexity index is 2300. The third-order valence-corrected chi connectivity index (χ3v) is 11.1. The number of aryl methyl sites for hydroxylation is 1. The molecule has 1 nitrogen and oxygen atoms in total. The number of benzene rings is 6. The predicted octanol–water partition coefficient (Wildman–Crippen LogP) is 13.4. The van der Waals surface area contributed by atoms with E-state index in [1.807, 2.05) is 0 Å². The first-order valence-corrected chi connectivity index (χ1v) is 18.7. The van der Waals surface area contributed by atoms with Crippen LogP contribution in [-0.2, 0) is 12.8 Å². The molecule has 2 atom stereocenters. The van der Waals surface area contributed by atoms with Gasteiger partial charge < -0.3 is 4.90 Å². The van der Waals surface area contributed by atoms with Crippen LogP contribution in [-0.4, -0.2) is 0 Å². The lowest BCUT2D eigenvalue weighted by atomic mass is 9.84. The van der Waals surface area contributed by atoms with E-state index in [9.17, 15) is 0 Å². The molecule has 9 rings (SSSR count). The molecule has 0 aliphatic heterocycles. The molecular weight excluding hydrogens is 615 g/mol. The lowest BCUT2D eigenvalue weighted by Gasteiger charge is -2.33. The highest BCUT2D eigenvalue weighted by atomic mass is 15.1. The lowest BCUT2D eigenvalue weighted by Crippen LogP contribution is -2.20. The van der Waals surface area contributed by atoms with Crippen molar-refractivity contribution in [3.05, 3.63) is 204 Å². The molecule has 6 aromatic rings. The molecule has 0 radical (unpaired) electrons. The molecule has 0 saturated heterocycles. The van der Waals surface area contributed by atoms with Crippen molar-refractivity contribution >= 4 is 22.1 Å². The lowest BCUT2D eigenvalue weighted by molar-refractivity contribution is 0.689. The van der Waals surface area contributed by atoms with E-state index in [4.69, 9.17) is 0 Å². The fraction of sp³-hybridized carbons (Fsp3) is 0.160. The number of nitrogens with zero attached hydrogens (tertiary/aromatic N) is 1. The molecule has 0 spiro atoms. The Morgan fingerprint density at radius 2 is 1.29 bits per heavy atom. The van der Waals surface area contributed by atoms with Crippen LogP contribution < -0.4 is 4.90 Å². The van der Waals surface area contributed by atoms with Gasteiger partial charge in [-0.1, -0.05) is 146 Å². The monoisotopic (exact) mass is 657 g/mol. The summed E-state index contributed by atoms with van der Waals surface area (Å²) in [6, 6.07) is 49.5. The smallest absolute Gasteiger partial charge is 0.0502 e. The normalized spacial score (nSPS) is 18.0. The van der Waals surface area contributed by atoms with Crippen LogP contribution in [0.2, 0.25) is 0 Å². The minimum Gasteiger partial charge on any atom is -0.311 e. The van der Waals surface area contributed by atoms with Gasteiger partial charge in [0.2, 0.25) is 0 Å². The number of rotatable bonds is 7. The summed E-state index contributed by atoms with van der Waals surface area (Å²) in [5.41, 5.74) is 14.8. The summed E-state index contributed by atoms with van der Waals surface area (Å²) < 4.78 is 0. The quantitative estimate of drug-likeness (QED) is 0.165. The molecule has 0 bridgehead atoms. The highest BCUT2D eigenvalue weighted by Gasteiger charge is 2.25. The molecule has 3 aliphatic carbocycles. The second kappa shape index (κ2) is 13.9. The summed E-state index contributed by atoms with van der Waals surface area (Å²) in [5.74, 6) is 0.729. The maximum absolute atomic E-state index is 2.52. The van der Waals surface area contributed by atoms with E-state index in [0.717, 1.165) is 25.7 Å². The Morgan fingerprint density at radius 3 is 2.06 bits per heavy atom. The summed E-state index contributed by atoms with van der Waals surface area (Å²) in [4.78, 5) is 2.52. The van der Waals surface area contributed by atoms with Gasteiger partial charge in [-0.25, -0.2) is 0 Å². The van der Waals surface area contributed by atoms with Gasteiger partial charge in [-0.3, -0.25) is 0 Å². The number of hydrogen-bond donors (Lipinski definition) is 0. The van der Waals surface area contributed by atoms with Crippen LogP contribution in [0, 0.1) is 0 Å². The zero-order valence-corrected chi connectivity index (χ0v) is 29.1. The second-order valence-electron chi connectivity index (χ2n) is 14.2. The van der Waals surface area contributed by atoms with E-state index in [0.29, 0.717) is 11.8 Å². The molecular formula is C50H43N. The van der Waals surface area contributed by atoms with Crippen LogP contribution >= 0.6 is 0 Å². The van der Waals surface area contributed by atoms with Crippen LogP contribution in [0.4, 0.5) is 11.4 Å². The Balaban J connectivity index is 1.03. The largest absolute Gasteiger partial charge is 0.311 e. The van der Waals surface area contributed by atoms with Gasteiger partial charge in [-0.15, -0.1) is 0 Å². The van der Waals surface area contributed by atoms with Crippen molar-refractivity contribution in [3.63, 3.8) is 0 Å². The highest BCUT2D eigenvalue weighted by Crippen LogP contribution is 2.43. The molecule has 6 aromatic carbocycles. The molecule has 2 unspecified atom stereocenters. The number of anilines is 2.